The largest absolute Gasteiger partial charge is 0.469 e. The summed E-state index contributed by atoms with van der Waals surface area (Å²) >= 11 is 0. The average molecular weight is 848 g/mol. The Labute approximate surface area is 361 Å². The number of benzene rings is 2. The molecule has 1 unspecified atom stereocenters. The Kier molecular flexibility index (Phi) is 12.0. The Bertz CT molecular complexity index is 2470. The zero-order valence-corrected chi connectivity index (χ0v) is 36.5. The number of aromatic amines is 2. The van der Waals surface area contributed by atoms with Gasteiger partial charge in [-0.25, -0.2) is 19.6 Å². The van der Waals surface area contributed by atoms with Crippen LogP contribution in [0.4, 0.5) is 9.59 Å². The fourth-order valence-corrected chi connectivity index (χ4v) is 9.25. The van der Waals surface area contributed by atoms with Crippen molar-refractivity contribution in [3.05, 3.63) is 66.5 Å². The second kappa shape index (κ2) is 17.6. The number of H-pyrrole nitrogens is 2. The number of likely N-dealkylation sites (tertiary alicyclic amines) is 2. The van der Waals surface area contributed by atoms with Gasteiger partial charge in [-0.15, -0.1) is 0 Å². The Balaban J connectivity index is 1.04. The topological polar surface area (TPSA) is 189 Å². The van der Waals surface area contributed by atoms with E-state index in [1.165, 1.54) is 14.2 Å². The van der Waals surface area contributed by atoms with Gasteiger partial charge in [0, 0.05) is 41.6 Å². The van der Waals surface area contributed by atoms with Crippen LogP contribution in [0.5, 0.6) is 5.75 Å². The standard InChI is InChI=1S/C46H57N9O7/c1-8-11-38-55-33-17-15-27(31-23-47-41(49-31)34-12-9-18-53(34)43(56)39(25(2)3)51-45(58)60-6)20-29(33)21-36(55)30-16-14-28(22-37(30)62-38)32-24-48-42(50-32)35-13-10-19-54(35)44(57)40(26(4)5)52-46(59)61-7/h14-17,20-26,34-35,38-40H,8-13,18-19H2,1-7H3,(H,47,49)(H,48,50)(H,51,58)(H,52,59)/t34-,35-,38?,39-,40-/m0/s1. The van der Waals surface area contributed by atoms with Crippen molar-refractivity contribution in [2.24, 2.45) is 11.8 Å². The van der Waals surface area contributed by atoms with E-state index in [9.17, 15) is 19.2 Å². The lowest BCUT2D eigenvalue weighted by Crippen LogP contribution is -2.51. The molecular weight excluding hydrogens is 791 g/mol. The summed E-state index contributed by atoms with van der Waals surface area (Å²) in [5, 5.41) is 6.50. The number of nitrogens with zero attached hydrogens (tertiary/aromatic N) is 5. The Morgan fingerprint density at radius 3 is 1.82 bits per heavy atom. The van der Waals surface area contributed by atoms with Crippen LogP contribution >= 0.6 is 0 Å². The van der Waals surface area contributed by atoms with Gasteiger partial charge in [-0.2, -0.15) is 0 Å². The molecule has 5 aromatic rings. The predicted octanol–water partition coefficient (Wildman–Crippen LogP) is 7.87. The van der Waals surface area contributed by atoms with E-state index in [1.54, 1.807) is 0 Å². The van der Waals surface area contributed by atoms with E-state index in [-0.39, 0.29) is 42.0 Å². The third kappa shape index (κ3) is 7.97. The maximum Gasteiger partial charge on any atom is 0.407 e. The number of carbonyl (C=O) groups is 4. The lowest BCUT2D eigenvalue weighted by molar-refractivity contribution is -0.136. The molecule has 4 N–H and O–H groups in total. The molecule has 0 radical (unpaired) electrons. The molecule has 5 atom stereocenters. The van der Waals surface area contributed by atoms with Gasteiger partial charge in [0.1, 0.15) is 29.5 Å². The number of hydrogen-bond acceptors (Lipinski definition) is 9. The fraction of sp³-hybridized carbons (Fsp3) is 0.478. The number of nitrogens with one attached hydrogen (secondary N) is 4. The molecule has 4 amide bonds. The number of hydrogen-bond donors (Lipinski definition) is 4. The molecule has 2 aromatic carbocycles. The number of carbonyl (C=O) groups excluding carboxylic acids is 4. The predicted molar refractivity (Wildman–Crippen MR) is 233 cm³/mol. The van der Waals surface area contributed by atoms with E-state index in [2.05, 4.69) is 74.6 Å². The summed E-state index contributed by atoms with van der Waals surface area (Å²) in [6.45, 7) is 10.9. The molecule has 3 aromatic heterocycles. The number of alkyl carbamates (subject to hydrolysis) is 2. The highest BCUT2D eigenvalue weighted by Crippen LogP contribution is 2.45. The minimum absolute atomic E-state index is 0.118. The van der Waals surface area contributed by atoms with E-state index in [4.69, 9.17) is 24.2 Å². The molecule has 0 aliphatic carbocycles. The molecular formula is C46H57N9O7. The van der Waals surface area contributed by atoms with E-state index in [1.807, 2.05) is 49.9 Å². The molecule has 328 valence electrons. The lowest BCUT2D eigenvalue weighted by Gasteiger charge is -2.30. The lowest BCUT2D eigenvalue weighted by atomic mass is 10.0. The molecule has 0 bridgehead atoms. The molecule has 2 fully saturated rings. The summed E-state index contributed by atoms with van der Waals surface area (Å²) in [6.07, 6.45) is 7.11. The summed E-state index contributed by atoms with van der Waals surface area (Å²) in [6, 6.07) is 13.0. The van der Waals surface area contributed by atoms with Crippen molar-refractivity contribution in [3.63, 3.8) is 0 Å². The normalized spacial score (nSPS) is 19.3. The zero-order valence-electron chi connectivity index (χ0n) is 36.5. The molecule has 0 spiro atoms. The number of aromatic nitrogens is 5. The smallest absolute Gasteiger partial charge is 0.407 e. The van der Waals surface area contributed by atoms with Crippen molar-refractivity contribution in [1.82, 2.24) is 44.9 Å². The monoisotopic (exact) mass is 847 g/mol. The van der Waals surface area contributed by atoms with Gasteiger partial charge in [0.15, 0.2) is 6.23 Å². The summed E-state index contributed by atoms with van der Waals surface area (Å²) in [4.78, 5) is 71.7. The van der Waals surface area contributed by atoms with Crippen LogP contribution in [0.15, 0.2) is 54.9 Å². The van der Waals surface area contributed by atoms with Gasteiger partial charge in [0.25, 0.3) is 0 Å². The molecule has 62 heavy (non-hydrogen) atoms. The van der Waals surface area contributed by atoms with Crippen LogP contribution in [0.2, 0.25) is 0 Å². The molecule has 16 heteroatoms. The van der Waals surface area contributed by atoms with E-state index in [0.717, 1.165) is 94.8 Å². The van der Waals surface area contributed by atoms with Crippen molar-refractivity contribution < 1.29 is 33.4 Å². The highest BCUT2D eigenvalue weighted by atomic mass is 16.5. The minimum Gasteiger partial charge on any atom is -0.469 e. The molecule has 16 nitrogen and oxygen atoms in total. The first-order valence-corrected chi connectivity index (χ1v) is 21.8. The number of amides is 4. The van der Waals surface area contributed by atoms with Crippen LogP contribution in [-0.4, -0.2) is 97.7 Å². The van der Waals surface area contributed by atoms with Crippen LogP contribution in [-0.2, 0) is 19.1 Å². The van der Waals surface area contributed by atoms with Crippen molar-refractivity contribution in [3.8, 4) is 39.5 Å². The van der Waals surface area contributed by atoms with Gasteiger partial charge in [-0.3, -0.25) is 9.59 Å². The van der Waals surface area contributed by atoms with Crippen molar-refractivity contribution >= 4 is 34.9 Å². The first-order chi connectivity index (χ1) is 29.9. The molecule has 2 saturated heterocycles. The second-order valence-corrected chi connectivity index (χ2v) is 17.2. The van der Waals surface area contributed by atoms with Crippen LogP contribution in [0, 0.1) is 11.8 Å². The number of rotatable bonds is 12. The van der Waals surface area contributed by atoms with Gasteiger partial charge in [0.2, 0.25) is 11.8 Å². The quantitative estimate of drug-likeness (QED) is 0.0969. The Morgan fingerprint density at radius 1 is 0.774 bits per heavy atom. The minimum atomic E-state index is -0.707. The molecule has 3 aliphatic rings. The number of ether oxygens (including phenoxy) is 3. The number of methoxy groups -OCH3 is 2. The zero-order chi connectivity index (χ0) is 43.8. The maximum absolute atomic E-state index is 13.7. The van der Waals surface area contributed by atoms with Crippen LogP contribution in [0.3, 0.4) is 0 Å². The summed E-state index contributed by atoms with van der Waals surface area (Å²) in [7, 11) is 2.59. The van der Waals surface area contributed by atoms with E-state index < -0.39 is 24.3 Å². The van der Waals surface area contributed by atoms with E-state index >= 15 is 0 Å². The van der Waals surface area contributed by atoms with Gasteiger partial charge >= 0.3 is 12.2 Å². The van der Waals surface area contributed by atoms with Gasteiger partial charge in [-0.05, 0) is 67.9 Å². The third-order valence-corrected chi connectivity index (χ3v) is 12.5. The molecule has 3 aliphatic heterocycles. The van der Waals surface area contributed by atoms with Crippen LogP contribution in [0.1, 0.15) is 103 Å². The van der Waals surface area contributed by atoms with Crippen molar-refractivity contribution in [1.29, 1.82) is 0 Å². The highest BCUT2D eigenvalue weighted by molar-refractivity contribution is 5.92. The summed E-state index contributed by atoms with van der Waals surface area (Å²) < 4.78 is 18.7. The molecule has 8 rings (SSSR count). The first-order valence-electron chi connectivity index (χ1n) is 21.8. The second-order valence-electron chi connectivity index (χ2n) is 17.2. The van der Waals surface area contributed by atoms with Gasteiger partial charge in [-0.1, -0.05) is 53.2 Å². The highest BCUT2D eigenvalue weighted by Gasteiger charge is 2.39. The average Bonchev–Trinajstić information content (AvgIpc) is 4.12. The Hall–Kier alpha value is -6.32. The third-order valence-electron chi connectivity index (χ3n) is 12.5. The van der Waals surface area contributed by atoms with Crippen molar-refractivity contribution in [2.45, 2.75) is 104 Å². The summed E-state index contributed by atoms with van der Waals surface area (Å²) in [5.41, 5.74) is 6.69. The number of fused-ring (bicyclic) bond motifs is 5. The van der Waals surface area contributed by atoms with Gasteiger partial charge in [0.05, 0.1) is 61.3 Å². The molecule has 0 saturated carbocycles. The van der Waals surface area contributed by atoms with E-state index in [0.29, 0.717) is 18.9 Å². The van der Waals surface area contributed by atoms with Gasteiger partial charge < -0.3 is 49.2 Å². The number of imidazole rings is 2. The molecule has 6 heterocycles. The van der Waals surface area contributed by atoms with Crippen LogP contribution in [0.25, 0.3) is 44.7 Å². The van der Waals surface area contributed by atoms with Crippen LogP contribution < -0.4 is 15.4 Å². The summed E-state index contributed by atoms with van der Waals surface area (Å²) in [5.74, 6) is 1.67. The fourth-order valence-electron chi connectivity index (χ4n) is 9.25. The Morgan fingerprint density at radius 2 is 1.31 bits per heavy atom. The first kappa shape index (κ1) is 42.4. The van der Waals surface area contributed by atoms with Crippen molar-refractivity contribution in [2.75, 3.05) is 27.3 Å². The maximum atomic E-state index is 13.7. The SMILES string of the molecule is CCCC1Oc2cc(-c3cnc([C@@H]4CCCN4C(=O)[C@@H](NC(=O)OC)C(C)C)[nH]3)ccc2-c2cc3cc(-c4cnc([C@@H]5CCCN5C(=O)[C@@H](NC(=O)OC)C(C)C)[nH]4)ccc3n21.